The van der Waals surface area contributed by atoms with E-state index in [4.69, 9.17) is 0 Å². The molecule has 166 valence electrons. The lowest BCUT2D eigenvalue weighted by Gasteiger charge is -2.21. The Bertz CT molecular complexity index is 1100. The molecule has 0 spiro atoms. The van der Waals surface area contributed by atoms with Gasteiger partial charge in [-0.3, -0.25) is 19.6 Å². The van der Waals surface area contributed by atoms with Crippen molar-refractivity contribution in [1.29, 1.82) is 0 Å². The Hall–Kier alpha value is -3.75. The summed E-state index contributed by atoms with van der Waals surface area (Å²) < 4.78 is 40.0. The van der Waals surface area contributed by atoms with Crippen molar-refractivity contribution in [3.05, 3.63) is 77.5 Å². The van der Waals surface area contributed by atoms with Crippen LogP contribution in [-0.4, -0.2) is 34.8 Å². The molecule has 0 saturated carbocycles. The average molecular weight is 442 g/mol. The van der Waals surface area contributed by atoms with Gasteiger partial charge >= 0.3 is 0 Å². The number of anilines is 1. The molecule has 0 aliphatic heterocycles. The summed E-state index contributed by atoms with van der Waals surface area (Å²) >= 11 is 0. The fourth-order valence-corrected chi connectivity index (χ4v) is 3.01. The van der Waals surface area contributed by atoms with Crippen LogP contribution in [0, 0.1) is 12.7 Å². The number of aromatic nitrogens is 2. The van der Waals surface area contributed by atoms with E-state index in [1.807, 2.05) is 19.1 Å². The Kier molecular flexibility index (Phi) is 7.19. The number of aryl methyl sites for hydroxylation is 1. The molecule has 9 heteroatoms. The first-order valence-electron chi connectivity index (χ1n) is 9.76. The van der Waals surface area contributed by atoms with Gasteiger partial charge in [-0.1, -0.05) is 12.1 Å². The van der Waals surface area contributed by atoms with Gasteiger partial charge in [0.25, 0.3) is 12.3 Å². The smallest absolute Gasteiger partial charge is 0.256 e. The molecule has 0 aliphatic carbocycles. The molecule has 2 heterocycles. The SMILES string of the molecule is CC(=O)N(CC(F)F)c1ccc(-c2ccc(C(=O)NCc3ccc(C)nc3)cn2)cc1F. The number of alkyl halides is 2. The third kappa shape index (κ3) is 5.69. The van der Waals surface area contributed by atoms with E-state index < -0.39 is 24.7 Å². The number of hydrogen-bond donors (Lipinski definition) is 1. The zero-order chi connectivity index (χ0) is 23.3. The number of benzene rings is 1. The van der Waals surface area contributed by atoms with Crippen LogP contribution in [0.4, 0.5) is 18.9 Å². The number of rotatable bonds is 7. The summed E-state index contributed by atoms with van der Waals surface area (Å²) in [5.74, 6) is -1.84. The Morgan fingerprint density at radius 2 is 1.84 bits per heavy atom. The largest absolute Gasteiger partial charge is 0.348 e. The number of hydrogen-bond acceptors (Lipinski definition) is 4. The van der Waals surface area contributed by atoms with Gasteiger partial charge in [0.05, 0.1) is 23.5 Å². The highest BCUT2D eigenvalue weighted by Gasteiger charge is 2.20. The predicted molar refractivity (Wildman–Crippen MR) is 114 cm³/mol. The predicted octanol–water partition coefficient (Wildman–Crippen LogP) is 4.14. The third-order valence-electron chi connectivity index (χ3n) is 4.69. The molecule has 0 atom stereocenters. The second-order valence-corrected chi connectivity index (χ2v) is 7.11. The lowest BCUT2D eigenvalue weighted by atomic mass is 10.1. The number of nitrogens with zero attached hydrogens (tertiary/aromatic N) is 3. The van der Waals surface area contributed by atoms with Gasteiger partial charge in [-0.25, -0.2) is 13.2 Å². The second-order valence-electron chi connectivity index (χ2n) is 7.11. The summed E-state index contributed by atoms with van der Waals surface area (Å²) in [6.45, 7) is 2.38. The minimum absolute atomic E-state index is 0.233. The first kappa shape index (κ1) is 22.9. The summed E-state index contributed by atoms with van der Waals surface area (Å²) in [7, 11) is 0. The number of halogens is 3. The van der Waals surface area contributed by atoms with Gasteiger partial charge in [0, 0.05) is 37.1 Å². The molecular formula is C23H21F3N4O2. The molecule has 0 unspecified atom stereocenters. The molecule has 0 bridgehead atoms. The zero-order valence-corrected chi connectivity index (χ0v) is 17.5. The van der Waals surface area contributed by atoms with Crippen LogP contribution >= 0.6 is 0 Å². The number of pyridine rings is 2. The van der Waals surface area contributed by atoms with Gasteiger partial charge in [0.15, 0.2) is 0 Å². The Labute approximate surface area is 183 Å². The summed E-state index contributed by atoms with van der Waals surface area (Å²) in [5, 5.41) is 2.77. The third-order valence-corrected chi connectivity index (χ3v) is 4.69. The Balaban J connectivity index is 1.71. The van der Waals surface area contributed by atoms with Crippen molar-refractivity contribution in [1.82, 2.24) is 15.3 Å². The minimum Gasteiger partial charge on any atom is -0.348 e. The monoisotopic (exact) mass is 442 g/mol. The summed E-state index contributed by atoms with van der Waals surface area (Å²) in [4.78, 5) is 33.0. The van der Waals surface area contributed by atoms with Gasteiger partial charge < -0.3 is 10.2 Å². The van der Waals surface area contributed by atoms with Crippen LogP contribution in [0.2, 0.25) is 0 Å². The molecule has 3 aromatic rings. The van der Waals surface area contributed by atoms with E-state index >= 15 is 0 Å². The van der Waals surface area contributed by atoms with Crippen molar-refractivity contribution in [3.63, 3.8) is 0 Å². The highest BCUT2D eigenvalue weighted by Crippen LogP contribution is 2.26. The van der Waals surface area contributed by atoms with Crippen LogP contribution in [0.5, 0.6) is 0 Å². The molecule has 1 N–H and O–H groups in total. The maximum absolute atomic E-state index is 14.6. The van der Waals surface area contributed by atoms with Gasteiger partial charge in [0.2, 0.25) is 5.91 Å². The summed E-state index contributed by atoms with van der Waals surface area (Å²) in [5.41, 5.74) is 2.60. The van der Waals surface area contributed by atoms with Crippen molar-refractivity contribution in [2.45, 2.75) is 26.8 Å². The van der Waals surface area contributed by atoms with E-state index in [9.17, 15) is 22.8 Å². The standard InChI is InChI=1S/C23H21F3N4O2/c1-14-3-4-16(10-27-14)11-29-23(32)18-5-7-20(28-12-18)17-6-8-21(19(24)9-17)30(15(2)31)13-22(25)26/h3-10,12,22H,11,13H2,1-2H3,(H,29,32). The molecule has 2 amide bonds. The minimum atomic E-state index is -2.79. The van der Waals surface area contributed by atoms with E-state index in [0.717, 1.165) is 24.2 Å². The van der Waals surface area contributed by atoms with Crippen LogP contribution in [0.3, 0.4) is 0 Å². The van der Waals surface area contributed by atoms with E-state index in [-0.39, 0.29) is 11.6 Å². The Morgan fingerprint density at radius 3 is 2.41 bits per heavy atom. The molecule has 0 radical (unpaired) electrons. The molecule has 0 aliphatic rings. The number of carbonyl (C=O) groups is 2. The highest BCUT2D eigenvalue weighted by atomic mass is 19.3. The normalized spacial score (nSPS) is 10.8. The van der Waals surface area contributed by atoms with Crippen LogP contribution in [-0.2, 0) is 11.3 Å². The topological polar surface area (TPSA) is 75.2 Å². The molecule has 0 fully saturated rings. The van der Waals surface area contributed by atoms with Gasteiger partial charge in [-0.2, -0.15) is 0 Å². The zero-order valence-electron chi connectivity index (χ0n) is 17.5. The lowest BCUT2D eigenvalue weighted by molar-refractivity contribution is -0.117. The van der Waals surface area contributed by atoms with E-state index in [1.54, 1.807) is 18.3 Å². The fraction of sp³-hybridized carbons (Fsp3) is 0.217. The molecule has 2 aromatic heterocycles. The number of amides is 2. The van der Waals surface area contributed by atoms with Crippen LogP contribution in [0.1, 0.15) is 28.5 Å². The summed E-state index contributed by atoms with van der Waals surface area (Å²) in [6, 6.07) is 10.7. The van der Waals surface area contributed by atoms with Crippen molar-refractivity contribution in [2.75, 3.05) is 11.4 Å². The highest BCUT2D eigenvalue weighted by molar-refractivity contribution is 5.94. The molecule has 0 saturated heterocycles. The van der Waals surface area contributed by atoms with Gasteiger partial charge in [-0.15, -0.1) is 0 Å². The van der Waals surface area contributed by atoms with Gasteiger partial charge in [0.1, 0.15) is 5.82 Å². The first-order valence-corrected chi connectivity index (χ1v) is 9.76. The molecule has 1 aromatic carbocycles. The van der Waals surface area contributed by atoms with Crippen LogP contribution < -0.4 is 10.2 Å². The molecule has 32 heavy (non-hydrogen) atoms. The van der Waals surface area contributed by atoms with Crippen molar-refractivity contribution >= 4 is 17.5 Å². The maximum Gasteiger partial charge on any atom is 0.256 e. The Morgan fingerprint density at radius 1 is 1.06 bits per heavy atom. The average Bonchev–Trinajstić information content (AvgIpc) is 2.77. The maximum atomic E-state index is 14.6. The molecule has 6 nitrogen and oxygen atoms in total. The van der Waals surface area contributed by atoms with Crippen molar-refractivity contribution < 1.29 is 22.8 Å². The second kappa shape index (κ2) is 10.0. The molecule has 3 rings (SSSR count). The number of nitrogens with one attached hydrogen (secondary N) is 1. The number of carbonyl (C=O) groups excluding carboxylic acids is 2. The van der Waals surface area contributed by atoms with E-state index in [1.165, 1.54) is 18.3 Å². The first-order chi connectivity index (χ1) is 15.2. The van der Waals surface area contributed by atoms with E-state index in [0.29, 0.717) is 28.3 Å². The summed E-state index contributed by atoms with van der Waals surface area (Å²) in [6.07, 6.45) is 0.257. The molecular weight excluding hydrogens is 421 g/mol. The lowest BCUT2D eigenvalue weighted by Crippen LogP contribution is -2.33. The van der Waals surface area contributed by atoms with Gasteiger partial charge in [-0.05, 0) is 42.8 Å². The van der Waals surface area contributed by atoms with E-state index in [2.05, 4.69) is 15.3 Å². The van der Waals surface area contributed by atoms with Crippen molar-refractivity contribution in [3.8, 4) is 11.3 Å². The van der Waals surface area contributed by atoms with Crippen LogP contribution in [0.25, 0.3) is 11.3 Å². The quantitative estimate of drug-likeness (QED) is 0.597. The fourth-order valence-electron chi connectivity index (χ4n) is 3.01. The van der Waals surface area contributed by atoms with Crippen molar-refractivity contribution in [2.24, 2.45) is 0 Å². The van der Waals surface area contributed by atoms with Crippen LogP contribution in [0.15, 0.2) is 54.9 Å².